The molecule has 0 aliphatic rings. The Kier molecular flexibility index (Phi) is 4.21. The molecular weight excluding hydrogens is 152 g/mol. The maximum Gasteiger partial charge on any atom is 0.311 e. The SMILES string of the molecule is COC(=O)CC(O)OC(C)=O. The Morgan fingerprint density at radius 1 is 1.55 bits per heavy atom. The molecule has 0 fully saturated rings. The zero-order chi connectivity index (χ0) is 8.85. The van der Waals surface area contributed by atoms with Gasteiger partial charge in [-0.1, -0.05) is 0 Å². The molecule has 0 saturated heterocycles. The molecule has 0 bridgehead atoms. The maximum atomic E-state index is 10.4. The van der Waals surface area contributed by atoms with Crippen LogP contribution in [0.2, 0.25) is 0 Å². The van der Waals surface area contributed by atoms with Gasteiger partial charge in [-0.2, -0.15) is 0 Å². The fraction of sp³-hybridized carbons (Fsp3) is 0.667. The molecule has 1 atom stereocenters. The van der Waals surface area contributed by atoms with Crippen molar-refractivity contribution in [3.63, 3.8) is 0 Å². The normalized spacial score (nSPS) is 11.9. The van der Waals surface area contributed by atoms with Gasteiger partial charge in [-0.15, -0.1) is 0 Å². The summed E-state index contributed by atoms with van der Waals surface area (Å²) in [4.78, 5) is 20.6. The predicted octanol–water partition coefficient (Wildman–Crippen LogP) is -0.569. The van der Waals surface area contributed by atoms with Crippen LogP contribution in [-0.2, 0) is 19.1 Å². The lowest BCUT2D eigenvalue weighted by molar-refractivity contribution is -0.171. The monoisotopic (exact) mass is 162 g/mol. The lowest BCUT2D eigenvalue weighted by Gasteiger charge is -2.07. The molecule has 0 saturated carbocycles. The van der Waals surface area contributed by atoms with E-state index in [4.69, 9.17) is 5.11 Å². The van der Waals surface area contributed by atoms with Gasteiger partial charge in [0.15, 0.2) is 0 Å². The zero-order valence-electron chi connectivity index (χ0n) is 6.36. The molecule has 0 radical (unpaired) electrons. The van der Waals surface area contributed by atoms with Crippen molar-refractivity contribution < 1.29 is 24.2 Å². The second-order valence-corrected chi connectivity index (χ2v) is 1.84. The van der Waals surface area contributed by atoms with Crippen molar-refractivity contribution in [1.82, 2.24) is 0 Å². The van der Waals surface area contributed by atoms with Gasteiger partial charge in [-0.3, -0.25) is 9.59 Å². The third-order valence-corrected chi connectivity index (χ3v) is 0.871. The highest BCUT2D eigenvalue weighted by Crippen LogP contribution is 1.95. The Morgan fingerprint density at radius 3 is 2.45 bits per heavy atom. The molecule has 11 heavy (non-hydrogen) atoms. The van der Waals surface area contributed by atoms with Crippen LogP contribution >= 0.6 is 0 Å². The molecule has 1 N–H and O–H groups in total. The third-order valence-electron chi connectivity index (χ3n) is 0.871. The quantitative estimate of drug-likeness (QED) is 0.444. The number of carbonyl (C=O) groups is 2. The van der Waals surface area contributed by atoms with Crippen LogP contribution in [0.5, 0.6) is 0 Å². The van der Waals surface area contributed by atoms with Crippen LogP contribution < -0.4 is 0 Å². The van der Waals surface area contributed by atoms with Crippen molar-refractivity contribution in [1.29, 1.82) is 0 Å². The minimum Gasteiger partial charge on any atom is -0.469 e. The van der Waals surface area contributed by atoms with Gasteiger partial charge in [-0.25, -0.2) is 0 Å². The second-order valence-electron chi connectivity index (χ2n) is 1.84. The molecule has 0 amide bonds. The number of carbonyl (C=O) groups excluding carboxylic acids is 2. The van der Waals surface area contributed by atoms with Crippen molar-refractivity contribution in [2.45, 2.75) is 19.6 Å². The molecule has 0 aromatic heterocycles. The molecule has 0 aliphatic carbocycles. The molecule has 1 unspecified atom stereocenters. The maximum absolute atomic E-state index is 10.4. The lowest BCUT2D eigenvalue weighted by Crippen LogP contribution is -2.20. The first kappa shape index (κ1) is 9.90. The van der Waals surface area contributed by atoms with Gasteiger partial charge in [0.05, 0.1) is 7.11 Å². The van der Waals surface area contributed by atoms with Crippen molar-refractivity contribution in [3.8, 4) is 0 Å². The highest BCUT2D eigenvalue weighted by atomic mass is 16.6. The highest BCUT2D eigenvalue weighted by molar-refractivity contribution is 5.70. The number of rotatable bonds is 3. The second kappa shape index (κ2) is 4.68. The molecule has 5 nitrogen and oxygen atoms in total. The molecular formula is C6H10O5. The van der Waals surface area contributed by atoms with Crippen molar-refractivity contribution in [2.24, 2.45) is 0 Å². The van der Waals surface area contributed by atoms with E-state index in [9.17, 15) is 9.59 Å². The Balaban J connectivity index is 3.60. The molecule has 0 spiro atoms. The van der Waals surface area contributed by atoms with E-state index in [1.54, 1.807) is 0 Å². The molecule has 5 heteroatoms. The van der Waals surface area contributed by atoms with Crippen LogP contribution in [-0.4, -0.2) is 30.4 Å². The van der Waals surface area contributed by atoms with E-state index in [1.165, 1.54) is 7.11 Å². The van der Waals surface area contributed by atoms with E-state index in [2.05, 4.69) is 9.47 Å². The Hall–Kier alpha value is -1.10. The van der Waals surface area contributed by atoms with E-state index >= 15 is 0 Å². The van der Waals surface area contributed by atoms with Gasteiger partial charge in [0.2, 0.25) is 6.29 Å². The number of aliphatic hydroxyl groups is 1. The fourth-order valence-electron chi connectivity index (χ4n) is 0.459. The lowest BCUT2D eigenvalue weighted by atomic mass is 10.4. The number of hydrogen-bond donors (Lipinski definition) is 1. The highest BCUT2D eigenvalue weighted by Gasteiger charge is 2.12. The number of hydrogen-bond acceptors (Lipinski definition) is 5. The van der Waals surface area contributed by atoms with Gasteiger partial charge in [0, 0.05) is 6.92 Å². The van der Waals surface area contributed by atoms with Gasteiger partial charge in [-0.05, 0) is 0 Å². The Bertz CT molecular complexity index is 153. The van der Waals surface area contributed by atoms with E-state index in [0.717, 1.165) is 6.92 Å². The summed E-state index contributed by atoms with van der Waals surface area (Å²) in [5.74, 6) is -1.26. The van der Waals surface area contributed by atoms with Crippen LogP contribution in [0.25, 0.3) is 0 Å². The molecule has 64 valence electrons. The van der Waals surface area contributed by atoms with Crippen molar-refractivity contribution in [3.05, 3.63) is 0 Å². The summed E-state index contributed by atoms with van der Waals surface area (Å²) in [7, 11) is 1.18. The Labute approximate surface area is 63.9 Å². The minimum atomic E-state index is -1.40. The summed E-state index contributed by atoms with van der Waals surface area (Å²) in [6, 6.07) is 0. The minimum absolute atomic E-state index is 0.337. The van der Waals surface area contributed by atoms with Gasteiger partial charge in [0.25, 0.3) is 0 Å². The first-order valence-electron chi connectivity index (χ1n) is 2.98. The topological polar surface area (TPSA) is 72.8 Å². The summed E-state index contributed by atoms with van der Waals surface area (Å²) < 4.78 is 8.45. The van der Waals surface area contributed by atoms with E-state index < -0.39 is 18.2 Å². The average molecular weight is 162 g/mol. The summed E-state index contributed by atoms with van der Waals surface area (Å²) >= 11 is 0. The van der Waals surface area contributed by atoms with Crippen LogP contribution in [0.3, 0.4) is 0 Å². The van der Waals surface area contributed by atoms with E-state index in [-0.39, 0.29) is 6.42 Å². The fourth-order valence-corrected chi connectivity index (χ4v) is 0.459. The van der Waals surface area contributed by atoms with E-state index in [0.29, 0.717) is 0 Å². The molecule has 0 aliphatic heterocycles. The average Bonchev–Trinajstić information content (AvgIpc) is 1.85. The number of methoxy groups -OCH3 is 1. The van der Waals surface area contributed by atoms with Crippen LogP contribution in [0.4, 0.5) is 0 Å². The van der Waals surface area contributed by atoms with Crippen molar-refractivity contribution in [2.75, 3.05) is 7.11 Å². The van der Waals surface area contributed by atoms with Gasteiger partial charge in [0.1, 0.15) is 6.42 Å². The summed E-state index contributed by atoms with van der Waals surface area (Å²) in [6.45, 7) is 1.14. The number of aliphatic hydroxyl groups excluding tert-OH is 1. The number of esters is 2. The predicted molar refractivity (Wildman–Crippen MR) is 34.4 cm³/mol. The standard InChI is InChI=1S/C6H10O5/c1-4(7)11-6(9)3-5(8)10-2/h6,9H,3H2,1-2H3. The molecule has 0 aromatic carbocycles. The molecule has 0 heterocycles. The zero-order valence-corrected chi connectivity index (χ0v) is 6.36. The summed E-state index contributed by atoms with van der Waals surface area (Å²) in [6.07, 6.45) is -1.74. The van der Waals surface area contributed by atoms with Crippen molar-refractivity contribution >= 4 is 11.9 Å². The largest absolute Gasteiger partial charge is 0.469 e. The van der Waals surface area contributed by atoms with Crippen LogP contribution in [0.1, 0.15) is 13.3 Å². The van der Waals surface area contributed by atoms with E-state index in [1.807, 2.05) is 0 Å². The first-order valence-corrected chi connectivity index (χ1v) is 2.98. The van der Waals surface area contributed by atoms with Crippen LogP contribution in [0, 0.1) is 0 Å². The molecule has 0 aromatic rings. The van der Waals surface area contributed by atoms with Gasteiger partial charge >= 0.3 is 11.9 Å². The smallest absolute Gasteiger partial charge is 0.311 e. The Morgan fingerprint density at radius 2 is 2.09 bits per heavy atom. The molecule has 0 rings (SSSR count). The first-order chi connectivity index (χ1) is 5.06. The third kappa shape index (κ3) is 5.35. The number of ether oxygens (including phenoxy) is 2. The van der Waals surface area contributed by atoms with Crippen LogP contribution in [0.15, 0.2) is 0 Å². The van der Waals surface area contributed by atoms with Gasteiger partial charge < -0.3 is 14.6 Å². The summed E-state index contributed by atoms with van der Waals surface area (Å²) in [5.41, 5.74) is 0. The summed E-state index contributed by atoms with van der Waals surface area (Å²) in [5, 5.41) is 8.78.